The van der Waals surface area contributed by atoms with Crippen molar-refractivity contribution in [3.05, 3.63) is 48.6 Å². The van der Waals surface area contributed by atoms with E-state index in [2.05, 4.69) is 62.8 Å². The van der Waals surface area contributed by atoms with Crippen molar-refractivity contribution in [2.45, 2.75) is 11.8 Å². The number of quaternary nitrogens is 1. The zero-order valence-corrected chi connectivity index (χ0v) is 14.6. The molecule has 0 heterocycles. The lowest BCUT2D eigenvalue weighted by atomic mass is 10.2. The lowest BCUT2D eigenvalue weighted by Crippen LogP contribution is -2.34. The van der Waals surface area contributed by atoms with Gasteiger partial charge < -0.3 is 13.8 Å². The Morgan fingerprint density at radius 1 is 1.29 bits per heavy atom. The average molecular weight is 365 g/mol. The molecule has 6 nitrogen and oxygen atoms in total. The molecule has 1 rings (SSSR count). The summed E-state index contributed by atoms with van der Waals surface area (Å²) in [4.78, 5) is 10.2. The molecule has 0 atom stereocenters. The van der Waals surface area contributed by atoms with Gasteiger partial charge in [-0.3, -0.25) is 0 Å². The molecule has 0 radical (unpaired) electrons. The fraction of sp³-hybridized carbons (Fsp3) is 0.400. The SMILES string of the molecule is C=CC(=O)OCC(F)(F)S(=O)(=O)[O-].C[N+](C)(C)Cc1ccccc1. The molecule has 0 bridgehead atoms. The van der Waals surface area contributed by atoms with Crippen molar-refractivity contribution in [3.8, 4) is 0 Å². The van der Waals surface area contributed by atoms with Crippen LogP contribution in [-0.2, 0) is 26.2 Å². The molecule has 0 amide bonds. The molecule has 0 N–H and O–H groups in total. The highest BCUT2D eigenvalue weighted by Gasteiger charge is 2.39. The lowest BCUT2D eigenvalue weighted by molar-refractivity contribution is -0.884. The Hall–Kier alpha value is -1.84. The van der Waals surface area contributed by atoms with Crippen LogP contribution in [-0.4, -0.2) is 56.4 Å². The molecular formula is C15H21F2NO5S. The molecule has 0 aliphatic carbocycles. The van der Waals surface area contributed by atoms with Crippen molar-refractivity contribution in [1.29, 1.82) is 0 Å². The number of hydrogen-bond donors (Lipinski definition) is 0. The number of alkyl halides is 2. The number of esters is 1. The number of rotatable bonds is 6. The molecule has 0 spiro atoms. The maximum Gasteiger partial charge on any atom is 0.367 e. The smallest absolute Gasteiger partial charge is 0.367 e. The van der Waals surface area contributed by atoms with Gasteiger partial charge in [-0.1, -0.05) is 36.9 Å². The first-order valence-corrected chi connectivity index (χ1v) is 8.16. The van der Waals surface area contributed by atoms with Gasteiger partial charge in [-0.15, -0.1) is 0 Å². The van der Waals surface area contributed by atoms with Crippen LogP contribution in [0.5, 0.6) is 0 Å². The summed E-state index contributed by atoms with van der Waals surface area (Å²) >= 11 is 0. The topological polar surface area (TPSA) is 83.5 Å². The molecule has 0 aliphatic heterocycles. The largest absolute Gasteiger partial charge is 0.743 e. The third-order valence-corrected chi connectivity index (χ3v) is 3.26. The maximum absolute atomic E-state index is 12.2. The second-order valence-electron chi connectivity index (χ2n) is 5.84. The van der Waals surface area contributed by atoms with E-state index < -0.39 is 27.9 Å². The number of benzene rings is 1. The van der Waals surface area contributed by atoms with Crippen molar-refractivity contribution >= 4 is 16.1 Å². The summed E-state index contributed by atoms with van der Waals surface area (Å²) in [6, 6.07) is 10.6. The molecule has 0 aromatic heterocycles. The second-order valence-corrected chi connectivity index (χ2v) is 7.34. The monoisotopic (exact) mass is 365 g/mol. The predicted octanol–water partition coefficient (Wildman–Crippen LogP) is 1.75. The van der Waals surface area contributed by atoms with Crippen LogP contribution >= 0.6 is 0 Å². The molecule has 0 fully saturated rings. The highest BCUT2D eigenvalue weighted by Crippen LogP contribution is 2.20. The van der Waals surface area contributed by atoms with Crippen LogP contribution in [0, 0.1) is 0 Å². The van der Waals surface area contributed by atoms with Crippen LogP contribution in [0.25, 0.3) is 0 Å². The Bertz CT molecular complexity index is 640. The Morgan fingerprint density at radius 3 is 2.17 bits per heavy atom. The third-order valence-electron chi connectivity index (χ3n) is 2.41. The molecule has 1 aromatic rings. The van der Waals surface area contributed by atoms with Crippen LogP contribution in [0.4, 0.5) is 8.78 Å². The molecular weight excluding hydrogens is 344 g/mol. The Morgan fingerprint density at radius 2 is 1.79 bits per heavy atom. The van der Waals surface area contributed by atoms with Crippen molar-refractivity contribution < 1.29 is 35.8 Å². The van der Waals surface area contributed by atoms with Crippen LogP contribution in [0.2, 0.25) is 0 Å². The van der Waals surface area contributed by atoms with Crippen molar-refractivity contribution in [2.75, 3.05) is 27.7 Å². The molecule has 1 aromatic carbocycles. The molecule has 9 heteroatoms. The lowest BCUT2D eigenvalue weighted by Gasteiger charge is -2.23. The number of carbonyl (C=O) groups excluding carboxylic acids is 1. The van der Waals surface area contributed by atoms with Crippen LogP contribution in [0.15, 0.2) is 43.0 Å². The summed E-state index contributed by atoms with van der Waals surface area (Å²) in [5, 5.41) is -4.61. The number of ether oxygens (including phenoxy) is 1. The van der Waals surface area contributed by atoms with E-state index in [-0.39, 0.29) is 0 Å². The fourth-order valence-corrected chi connectivity index (χ4v) is 1.62. The van der Waals surface area contributed by atoms with E-state index in [1.165, 1.54) is 5.56 Å². The highest BCUT2D eigenvalue weighted by atomic mass is 32.2. The zero-order valence-electron chi connectivity index (χ0n) is 13.7. The summed E-state index contributed by atoms with van der Waals surface area (Å²) in [6.07, 6.45) is 0.563. The van der Waals surface area contributed by atoms with Gasteiger partial charge in [0.05, 0.1) is 21.1 Å². The number of carbonyl (C=O) groups is 1. The molecule has 136 valence electrons. The van der Waals surface area contributed by atoms with Gasteiger partial charge in [-0.2, -0.15) is 8.78 Å². The van der Waals surface area contributed by atoms with Gasteiger partial charge in [0.2, 0.25) is 0 Å². The molecule has 0 unspecified atom stereocenters. The van der Waals surface area contributed by atoms with Gasteiger partial charge >= 0.3 is 11.2 Å². The summed E-state index contributed by atoms with van der Waals surface area (Å²) in [5.41, 5.74) is 1.40. The van der Waals surface area contributed by atoms with Crippen LogP contribution in [0.3, 0.4) is 0 Å². The van der Waals surface area contributed by atoms with Crippen molar-refractivity contribution in [3.63, 3.8) is 0 Å². The zero-order chi connectivity index (χ0) is 19.0. The minimum Gasteiger partial charge on any atom is -0.743 e. The number of halogens is 2. The van der Waals surface area contributed by atoms with Crippen molar-refractivity contribution in [2.24, 2.45) is 0 Å². The fourth-order valence-electron chi connectivity index (χ4n) is 1.42. The third kappa shape index (κ3) is 9.33. The Balaban J connectivity index is 0.000000446. The quantitative estimate of drug-likeness (QED) is 0.332. The maximum atomic E-state index is 12.2. The molecule has 0 saturated heterocycles. The first-order valence-electron chi connectivity index (χ1n) is 6.75. The van der Waals surface area contributed by atoms with E-state index in [1.54, 1.807) is 0 Å². The summed E-state index contributed by atoms with van der Waals surface area (Å²) < 4.78 is 58.6. The van der Waals surface area contributed by atoms with Crippen LogP contribution < -0.4 is 0 Å². The van der Waals surface area contributed by atoms with Gasteiger partial charge in [0.1, 0.15) is 6.54 Å². The van der Waals surface area contributed by atoms with Gasteiger partial charge in [0.15, 0.2) is 16.7 Å². The average Bonchev–Trinajstić information content (AvgIpc) is 2.43. The Kier molecular flexibility index (Phi) is 8.18. The summed E-state index contributed by atoms with van der Waals surface area (Å²) in [5.74, 6) is -1.23. The minimum atomic E-state index is -5.80. The molecule has 24 heavy (non-hydrogen) atoms. The predicted molar refractivity (Wildman–Crippen MR) is 84.0 cm³/mol. The summed E-state index contributed by atoms with van der Waals surface area (Å²) in [7, 11) is 0.803. The van der Waals surface area contributed by atoms with E-state index in [4.69, 9.17) is 0 Å². The van der Waals surface area contributed by atoms with Crippen LogP contribution in [0.1, 0.15) is 5.56 Å². The van der Waals surface area contributed by atoms with Gasteiger partial charge in [-0.25, -0.2) is 13.2 Å². The molecule has 0 aliphatic rings. The number of hydrogen-bond acceptors (Lipinski definition) is 5. The first-order chi connectivity index (χ1) is 10.8. The normalized spacial score (nSPS) is 11.9. The molecule has 0 saturated carbocycles. The van der Waals surface area contributed by atoms with Gasteiger partial charge in [0.25, 0.3) is 0 Å². The first kappa shape index (κ1) is 22.2. The standard InChI is InChI=1S/C10H16N.C5H6F2O5S/c1-11(2,3)9-10-7-5-4-6-8-10;1-2-4(8)12-3-5(6,7)13(9,10)11/h4-8H,9H2,1-3H3;2H,1,3H2,(H,9,10,11)/q+1;/p-1. The van der Waals surface area contributed by atoms with E-state index in [9.17, 15) is 26.5 Å². The summed E-state index contributed by atoms with van der Waals surface area (Å²) in [6.45, 7) is 2.17. The van der Waals surface area contributed by atoms with E-state index in [1.807, 2.05) is 0 Å². The van der Waals surface area contributed by atoms with E-state index in [0.717, 1.165) is 11.0 Å². The van der Waals surface area contributed by atoms with E-state index in [0.29, 0.717) is 6.08 Å². The second kappa shape index (κ2) is 8.86. The van der Waals surface area contributed by atoms with Crippen molar-refractivity contribution in [1.82, 2.24) is 0 Å². The van der Waals surface area contributed by atoms with Gasteiger partial charge in [-0.05, 0) is 0 Å². The van der Waals surface area contributed by atoms with E-state index >= 15 is 0 Å². The number of nitrogens with zero attached hydrogens (tertiary/aromatic N) is 1. The minimum absolute atomic E-state index is 0.563. The highest BCUT2D eigenvalue weighted by molar-refractivity contribution is 7.86. The van der Waals surface area contributed by atoms with Gasteiger partial charge in [0, 0.05) is 11.6 Å². The Labute approximate surface area is 140 Å².